The Morgan fingerprint density at radius 2 is 2.33 bits per heavy atom. The third-order valence-electron chi connectivity index (χ3n) is 2.31. The van der Waals surface area contributed by atoms with Gasteiger partial charge in [0.1, 0.15) is 6.04 Å². The average molecular weight is 203 g/mol. The number of carbonyl (C=O) groups is 1. The van der Waals surface area contributed by atoms with Crippen LogP contribution in [0.15, 0.2) is 48.4 Å². The number of allylic oxidation sites excluding steroid dienone is 5. The molecule has 0 aromatic rings. The number of fused-ring (bicyclic) bond motifs is 1. The zero-order valence-corrected chi connectivity index (χ0v) is 8.59. The quantitative estimate of drug-likeness (QED) is 0.640. The van der Waals surface area contributed by atoms with E-state index in [0.717, 1.165) is 5.70 Å². The summed E-state index contributed by atoms with van der Waals surface area (Å²) in [6.45, 7) is 2.22. The second-order valence-corrected chi connectivity index (χ2v) is 3.28. The predicted molar refractivity (Wildman–Crippen MR) is 57.8 cm³/mol. The van der Waals surface area contributed by atoms with Gasteiger partial charge >= 0.3 is 5.97 Å². The fourth-order valence-corrected chi connectivity index (χ4v) is 1.64. The first-order valence-corrected chi connectivity index (χ1v) is 5.01. The fourth-order valence-electron chi connectivity index (χ4n) is 1.64. The van der Waals surface area contributed by atoms with E-state index in [4.69, 9.17) is 4.74 Å². The standard InChI is InChI=1S/C12H13NO2/c1-2-15-12(14)11-8-5-7-10-6-3-4-9-13(10)11/h3-9,11H,2H2,1H3. The number of carbonyl (C=O) groups excluding carboxylic acids is 1. The second kappa shape index (κ2) is 4.17. The summed E-state index contributed by atoms with van der Waals surface area (Å²) in [6.07, 6.45) is 13.4. The lowest BCUT2D eigenvalue weighted by atomic mass is 10.1. The molecule has 0 bridgehead atoms. The summed E-state index contributed by atoms with van der Waals surface area (Å²) >= 11 is 0. The van der Waals surface area contributed by atoms with Gasteiger partial charge in [0, 0.05) is 11.9 Å². The molecule has 2 aliphatic rings. The molecule has 0 saturated heterocycles. The molecule has 78 valence electrons. The van der Waals surface area contributed by atoms with Crippen molar-refractivity contribution in [3.05, 3.63) is 48.4 Å². The molecule has 15 heavy (non-hydrogen) atoms. The maximum Gasteiger partial charge on any atom is 0.333 e. The van der Waals surface area contributed by atoms with Crippen LogP contribution < -0.4 is 0 Å². The lowest BCUT2D eigenvalue weighted by Gasteiger charge is -2.31. The molecular weight excluding hydrogens is 190 g/mol. The SMILES string of the molecule is CCOC(=O)C1C=CC=C2C=CC=CN21. The van der Waals surface area contributed by atoms with Crippen molar-refractivity contribution in [1.29, 1.82) is 0 Å². The monoisotopic (exact) mass is 203 g/mol. The van der Waals surface area contributed by atoms with Crippen LogP contribution in [0.5, 0.6) is 0 Å². The number of esters is 1. The van der Waals surface area contributed by atoms with E-state index in [0.29, 0.717) is 6.61 Å². The van der Waals surface area contributed by atoms with Gasteiger partial charge in [0.05, 0.1) is 6.61 Å². The van der Waals surface area contributed by atoms with Crippen LogP contribution in [0.3, 0.4) is 0 Å². The van der Waals surface area contributed by atoms with Crippen molar-refractivity contribution < 1.29 is 9.53 Å². The molecule has 0 fully saturated rings. The van der Waals surface area contributed by atoms with E-state index in [2.05, 4.69) is 0 Å². The summed E-state index contributed by atoms with van der Waals surface area (Å²) < 4.78 is 5.01. The minimum atomic E-state index is -0.328. The van der Waals surface area contributed by atoms with Crippen LogP contribution in [0.1, 0.15) is 6.92 Å². The van der Waals surface area contributed by atoms with Crippen LogP contribution >= 0.6 is 0 Å². The van der Waals surface area contributed by atoms with Crippen LogP contribution in [0, 0.1) is 0 Å². The van der Waals surface area contributed by atoms with Crippen molar-refractivity contribution in [2.45, 2.75) is 13.0 Å². The molecule has 0 aromatic carbocycles. The number of hydrogen-bond acceptors (Lipinski definition) is 3. The number of ether oxygens (including phenoxy) is 1. The Labute approximate surface area is 89.0 Å². The van der Waals surface area contributed by atoms with Gasteiger partial charge in [-0.2, -0.15) is 0 Å². The first kappa shape index (κ1) is 9.77. The van der Waals surface area contributed by atoms with E-state index in [1.54, 1.807) is 0 Å². The van der Waals surface area contributed by atoms with Gasteiger partial charge in [-0.05, 0) is 25.2 Å². The van der Waals surface area contributed by atoms with Gasteiger partial charge in [-0.3, -0.25) is 0 Å². The molecule has 2 aliphatic heterocycles. The normalized spacial score (nSPS) is 22.3. The Morgan fingerprint density at radius 1 is 1.47 bits per heavy atom. The maximum atomic E-state index is 11.7. The molecule has 0 spiro atoms. The first-order valence-electron chi connectivity index (χ1n) is 5.01. The largest absolute Gasteiger partial charge is 0.464 e. The van der Waals surface area contributed by atoms with E-state index in [1.165, 1.54) is 0 Å². The summed E-state index contributed by atoms with van der Waals surface area (Å²) in [7, 11) is 0. The summed E-state index contributed by atoms with van der Waals surface area (Å²) in [5.74, 6) is -0.209. The average Bonchev–Trinajstić information content (AvgIpc) is 2.28. The van der Waals surface area contributed by atoms with Gasteiger partial charge < -0.3 is 9.64 Å². The smallest absolute Gasteiger partial charge is 0.333 e. The lowest BCUT2D eigenvalue weighted by Crippen LogP contribution is -2.38. The van der Waals surface area contributed by atoms with Crippen molar-refractivity contribution in [3.63, 3.8) is 0 Å². The van der Waals surface area contributed by atoms with Crippen LogP contribution in [-0.4, -0.2) is 23.5 Å². The Kier molecular flexibility index (Phi) is 2.72. The molecule has 0 radical (unpaired) electrons. The third-order valence-corrected chi connectivity index (χ3v) is 2.31. The maximum absolute atomic E-state index is 11.7. The minimum absolute atomic E-state index is 0.209. The van der Waals surface area contributed by atoms with Crippen molar-refractivity contribution >= 4 is 5.97 Å². The fraction of sp³-hybridized carbons (Fsp3) is 0.250. The zero-order chi connectivity index (χ0) is 10.7. The van der Waals surface area contributed by atoms with Gasteiger partial charge in [0.25, 0.3) is 0 Å². The van der Waals surface area contributed by atoms with E-state index in [1.807, 2.05) is 54.5 Å². The highest BCUT2D eigenvalue weighted by Gasteiger charge is 2.26. The summed E-state index contributed by atoms with van der Waals surface area (Å²) in [5.41, 5.74) is 1.01. The molecule has 0 saturated carbocycles. The Bertz CT molecular complexity index is 377. The van der Waals surface area contributed by atoms with Gasteiger partial charge in [-0.15, -0.1) is 0 Å². The van der Waals surface area contributed by atoms with Crippen molar-refractivity contribution in [2.24, 2.45) is 0 Å². The summed E-state index contributed by atoms with van der Waals surface area (Å²) in [4.78, 5) is 13.6. The molecule has 3 nitrogen and oxygen atoms in total. The molecular formula is C12H13NO2. The molecule has 0 aromatic heterocycles. The summed E-state index contributed by atoms with van der Waals surface area (Å²) in [5, 5.41) is 0. The number of hydrogen-bond donors (Lipinski definition) is 0. The van der Waals surface area contributed by atoms with E-state index in [-0.39, 0.29) is 12.0 Å². The topological polar surface area (TPSA) is 29.5 Å². The van der Waals surface area contributed by atoms with E-state index >= 15 is 0 Å². The number of nitrogens with zero attached hydrogens (tertiary/aromatic N) is 1. The van der Waals surface area contributed by atoms with Gasteiger partial charge in [0.15, 0.2) is 0 Å². The Balaban J connectivity index is 2.19. The van der Waals surface area contributed by atoms with Crippen LogP contribution in [0.4, 0.5) is 0 Å². The zero-order valence-electron chi connectivity index (χ0n) is 8.59. The molecule has 0 amide bonds. The van der Waals surface area contributed by atoms with Crippen LogP contribution in [0.25, 0.3) is 0 Å². The lowest BCUT2D eigenvalue weighted by molar-refractivity contribution is -0.146. The molecule has 2 rings (SSSR count). The minimum Gasteiger partial charge on any atom is -0.464 e. The molecule has 2 heterocycles. The van der Waals surface area contributed by atoms with Crippen molar-refractivity contribution in [3.8, 4) is 0 Å². The highest BCUT2D eigenvalue weighted by atomic mass is 16.5. The molecule has 0 N–H and O–H groups in total. The van der Waals surface area contributed by atoms with Crippen molar-refractivity contribution in [2.75, 3.05) is 6.61 Å². The second-order valence-electron chi connectivity index (χ2n) is 3.28. The highest BCUT2D eigenvalue weighted by molar-refractivity contribution is 5.79. The third kappa shape index (κ3) is 1.86. The van der Waals surface area contributed by atoms with Crippen LogP contribution in [0.2, 0.25) is 0 Å². The number of rotatable bonds is 2. The molecule has 1 atom stereocenters. The summed E-state index contributed by atoms with van der Waals surface area (Å²) in [6, 6.07) is -0.328. The Morgan fingerprint density at radius 3 is 3.13 bits per heavy atom. The predicted octanol–water partition coefficient (Wildman–Crippen LogP) is 1.76. The van der Waals surface area contributed by atoms with E-state index < -0.39 is 0 Å². The highest BCUT2D eigenvalue weighted by Crippen LogP contribution is 2.21. The Hall–Kier alpha value is -1.77. The van der Waals surface area contributed by atoms with Gasteiger partial charge in [-0.1, -0.05) is 18.2 Å². The molecule has 1 unspecified atom stereocenters. The molecule has 3 heteroatoms. The van der Waals surface area contributed by atoms with Crippen LogP contribution in [-0.2, 0) is 9.53 Å². The first-order chi connectivity index (χ1) is 7.33. The molecule has 0 aliphatic carbocycles. The van der Waals surface area contributed by atoms with Gasteiger partial charge in [0.2, 0.25) is 0 Å². The van der Waals surface area contributed by atoms with E-state index in [9.17, 15) is 4.79 Å². The van der Waals surface area contributed by atoms with Crippen molar-refractivity contribution in [1.82, 2.24) is 4.90 Å². The van der Waals surface area contributed by atoms with Gasteiger partial charge in [-0.25, -0.2) is 4.79 Å².